The molecule has 0 aliphatic rings. The molecule has 0 fully saturated rings. The Bertz CT molecular complexity index is 774. The predicted molar refractivity (Wildman–Crippen MR) is 89.0 cm³/mol. The van der Waals surface area contributed by atoms with Gasteiger partial charge in [-0.25, -0.2) is 0 Å². The molecule has 1 atom stereocenters. The third-order valence-electron chi connectivity index (χ3n) is 3.54. The van der Waals surface area contributed by atoms with Crippen LogP contribution in [0.3, 0.4) is 0 Å². The zero-order valence-corrected chi connectivity index (χ0v) is 14.3. The number of halogens is 3. The van der Waals surface area contributed by atoms with Crippen LogP contribution in [0.2, 0.25) is 15.1 Å². The first-order chi connectivity index (χ1) is 10.4. The van der Waals surface area contributed by atoms with Crippen LogP contribution in [-0.4, -0.2) is 10.4 Å². The third kappa shape index (κ3) is 3.01. The molecule has 3 nitrogen and oxygen atoms in total. The largest absolute Gasteiger partial charge is 0.342 e. The molecule has 0 N–H and O–H groups in total. The summed E-state index contributed by atoms with van der Waals surface area (Å²) < 4.78 is 1.67. The summed E-state index contributed by atoms with van der Waals surface area (Å²) in [5.74, 6) is -0.567. The molecular formula is C16H13Cl3N2O. The van der Waals surface area contributed by atoms with Gasteiger partial charge in [-0.2, -0.15) is 5.26 Å². The fraction of sp³-hybridized carbons (Fsp3) is 0.250. The van der Waals surface area contributed by atoms with E-state index >= 15 is 0 Å². The smallest absolute Gasteiger partial charge is 0.210 e. The van der Waals surface area contributed by atoms with Crippen LogP contribution in [-0.2, 0) is 7.05 Å². The molecule has 0 bridgehead atoms. The quantitative estimate of drug-likeness (QED) is 0.705. The Morgan fingerprint density at radius 1 is 1.23 bits per heavy atom. The van der Waals surface area contributed by atoms with E-state index in [0.717, 1.165) is 5.69 Å². The van der Waals surface area contributed by atoms with Crippen LogP contribution in [0.25, 0.3) is 0 Å². The van der Waals surface area contributed by atoms with Crippen LogP contribution in [0.15, 0.2) is 24.3 Å². The highest BCUT2D eigenvalue weighted by atomic mass is 35.5. The maximum atomic E-state index is 12.7. The van der Waals surface area contributed by atoms with Gasteiger partial charge >= 0.3 is 0 Å². The number of ketones is 1. The SMILES string of the molecule is CCC(C#N)c1cc(Cl)c(C(=O)c2ccc(Cl)c(Cl)c2)n1C. The highest BCUT2D eigenvalue weighted by Crippen LogP contribution is 2.30. The number of carbonyl (C=O) groups excluding carboxylic acids is 1. The van der Waals surface area contributed by atoms with Crippen molar-refractivity contribution in [1.29, 1.82) is 5.26 Å². The first-order valence-electron chi connectivity index (χ1n) is 6.65. The number of hydrogen-bond acceptors (Lipinski definition) is 2. The van der Waals surface area contributed by atoms with Crippen LogP contribution < -0.4 is 0 Å². The normalized spacial score (nSPS) is 12.0. The second-order valence-electron chi connectivity index (χ2n) is 4.87. The van der Waals surface area contributed by atoms with Crippen molar-refractivity contribution in [3.8, 4) is 6.07 Å². The van der Waals surface area contributed by atoms with Crippen LogP contribution in [0.1, 0.15) is 41.0 Å². The van der Waals surface area contributed by atoms with Crippen molar-refractivity contribution < 1.29 is 4.79 Å². The van der Waals surface area contributed by atoms with Gasteiger partial charge in [-0.15, -0.1) is 0 Å². The molecular weight excluding hydrogens is 343 g/mol. The van der Waals surface area contributed by atoms with Crippen molar-refractivity contribution in [1.82, 2.24) is 4.57 Å². The van der Waals surface area contributed by atoms with Gasteiger partial charge in [0, 0.05) is 18.3 Å². The van der Waals surface area contributed by atoms with Crippen LogP contribution in [0.4, 0.5) is 0 Å². The van der Waals surface area contributed by atoms with E-state index in [1.54, 1.807) is 29.8 Å². The highest BCUT2D eigenvalue weighted by molar-refractivity contribution is 6.42. The lowest BCUT2D eigenvalue weighted by atomic mass is 10.1. The average molecular weight is 356 g/mol. The van der Waals surface area contributed by atoms with Gasteiger partial charge in [0.1, 0.15) is 5.69 Å². The number of rotatable bonds is 4. The minimum atomic E-state index is -0.308. The number of carbonyl (C=O) groups is 1. The van der Waals surface area contributed by atoms with Gasteiger partial charge in [0.25, 0.3) is 0 Å². The average Bonchev–Trinajstić information content (AvgIpc) is 2.78. The summed E-state index contributed by atoms with van der Waals surface area (Å²) >= 11 is 18.0. The van der Waals surface area contributed by atoms with Crippen LogP contribution in [0.5, 0.6) is 0 Å². The monoisotopic (exact) mass is 354 g/mol. The Morgan fingerprint density at radius 3 is 2.45 bits per heavy atom. The van der Waals surface area contributed by atoms with Gasteiger partial charge in [0.05, 0.1) is 27.1 Å². The number of aromatic nitrogens is 1. The highest BCUT2D eigenvalue weighted by Gasteiger charge is 2.23. The van der Waals surface area contributed by atoms with Gasteiger partial charge in [0.15, 0.2) is 0 Å². The number of benzene rings is 1. The first kappa shape index (κ1) is 16.9. The molecule has 0 amide bonds. The Balaban J connectivity index is 2.51. The number of nitrogens with zero attached hydrogens (tertiary/aromatic N) is 2. The summed E-state index contributed by atoms with van der Waals surface area (Å²) in [4.78, 5) is 12.7. The standard InChI is InChI=1S/C16H13Cl3N2O/c1-3-9(8-20)14-7-13(19)15(21(14)2)16(22)10-4-5-11(17)12(18)6-10/h4-7,9H,3H2,1-2H3. The van der Waals surface area contributed by atoms with Crippen molar-refractivity contribution in [2.75, 3.05) is 0 Å². The molecule has 0 saturated carbocycles. The molecule has 6 heteroatoms. The molecule has 0 aliphatic carbocycles. The zero-order valence-electron chi connectivity index (χ0n) is 12.0. The van der Waals surface area contributed by atoms with E-state index in [1.807, 2.05) is 6.92 Å². The molecule has 22 heavy (non-hydrogen) atoms. The van der Waals surface area contributed by atoms with E-state index in [1.165, 1.54) is 6.07 Å². The van der Waals surface area contributed by atoms with Crippen molar-refractivity contribution in [3.05, 3.63) is 56.3 Å². The lowest BCUT2D eigenvalue weighted by molar-refractivity contribution is 0.103. The molecule has 1 heterocycles. The van der Waals surface area contributed by atoms with E-state index in [2.05, 4.69) is 6.07 Å². The molecule has 2 rings (SSSR count). The Labute approximate surface area is 144 Å². The summed E-state index contributed by atoms with van der Waals surface area (Å²) in [6, 6.07) is 8.56. The Hall–Kier alpha value is -1.47. The predicted octanol–water partition coefficient (Wildman–Crippen LogP) is 5.23. The second-order valence-corrected chi connectivity index (χ2v) is 6.09. The van der Waals surface area contributed by atoms with Gasteiger partial charge in [-0.05, 0) is 30.7 Å². The molecule has 114 valence electrons. The first-order valence-corrected chi connectivity index (χ1v) is 7.78. The van der Waals surface area contributed by atoms with Crippen molar-refractivity contribution in [3.63, 3.8) is 0 Å². The van der Waals surface area contributed by atoms with Crippen molar-refractivity contribution in [2.45, 2.75) is 19.3 Å². The fourth-order valence-corrected chi connectivity index (χ4v) is 2.94. The topological polar surface area (TPSA) is 45.8 Å². The maximum absolute atomic E-state index is 12.7. The lowest BCUT2D eigenvalue weighted by Gasteiger charge is -2.10. The Kier molecular flexibility index (Phi) is 5.18. The molecule has 0 aliphatic heterocycles. The summed E-state index contributed by atoms with van der Waals surface area (Å²) in [6.07, 6.45) is 0.644. The second kappa shape index (κ2) is 6.75. The van der Waals surface area contributed by atoms with Gasteiger partial charge in [0.2, 0.25) is 5.78 Å². The minimum absolute atomic E-state index is 0.259. The molecule has 1 aromatic carbocycles. The van der Waals surface area contributed by atoms with Gasteiger partial charge < -0.3 is 4.57 Å². The van der Waals surface area contributed by atoms with E-state index in [4.69, 9.17) is 34.8 Å². The summed E-state index contributed by atoms with van der Waals surface area (Å²) in [5, 5.41) is 10.2. The van der Waals surface area contributed by atoms with E-state index in [0.29, 0.717) is 32.7 Å². The van der Waals surface area contributed by atoms with Gasteiger partial charge in [-0.3, -0.25) is 4.79 Å². The molecule has 0 saturated heterocycles. The van der Waals surface area contributed by atoms with E-state index in [9.17, 15) is 10.1 Å². The van der Waals surface area contributed by atoms with Crippen LogP contribution in [0, 0.1) is 11.3 Å². The van der Waals surface area contributed by atoms with E-state index < -0.39 is 0 Å². The zero-order chi connectivity index (χ0) is 16.4. The minimum Gasteiger partial charge on any atom is -0.342 e. The molecule has 0 radical (unpaired) electrons. The summed E-state index contributed by atoms with van der Waals surface area (Å²) in [6.45, 7) is 1.91. The molecule has 2 aromatic rings. The van der Waals surface area contributed by atoms with Crippen molar-refractivity contribution in [2.24, 2.45) is 7.05 Å². The van der Waals surface area contributed by atoms with Gasteiger partial charge in [-0.1, -0.05) is 41.7 Å². The lowest BCUT2D eigenvalue weighted by Crippen LogP contribution is -2.11. The molecule has 1 aromatic heterocycles. The number of hydrogen-bond donors (Lipinski definition) is 0. The van der Waals surface area contributed by atoms with Crippen molar-refractivity contribution >= 4 is 40.6 Å². The molecule has 0 spiro atoms. The maximum Gasteiger partial charge on any atom is 0.210 e. The van der Waals surface area contributed by atoms with Crippen LogP contribution >= 0.6 is 34.8 Å². The van der Waals surface area contributed by atoms with E-state index in [-0.39, 0.29) is 11.7 Å². The molecule has 1 unspecified atom stereocenters. The Morgan fingerprint density at radius 2 is 1.91 bits per heavy atom. The third-order valence-corrected chi connectivity index (χ3v) is 4.57. The summed E-state index contributed by atoms with van der Waals surface area (Å²) in [7, 11) is 1.73. The number of nitriles is 1. The fourth-order valence-electron chi connectivity index (χ4n) is 2.32. The summed E-state index contributed by atoms with van der Waals surface area (Å²) in [5.41, 5.74) is 1.45.